The molecule has 0 unspecified atom stereocenters. The number of esters is 1. The van der Waals surface area contributed by atoms with Gasteiger partial charge in [0.15, 0.2) is 5.78 Å². The van der Waals surface area contributed by atoms with Crippen LogP contribution in [0.15, 0.2) is 64.8 Å². The van der Waals surface area contributed by atoms with Crippen molar-refractivity contribution in [3.05, 3.63) is 75.4 Å². The van der Waals surface area contributed by atoms with Crippen LogP contribution in [0.25, 0.3) is 10.9 Å². The molecule has 0 saturated carbocycles. The molecule has 1 amide bonds. The van der Waals surface area contributed by atoms with Crippen molar-refractivity contribution in [2.24, 2.45) is 0 Å². The van der Waals surface area contributed by atoms with Gasteiger partial charge < -0.3 is 10.1 Å². The molecule has 0 bridgehead atoms. The Morgan fingerprint density at radius 2 is 1.73 bits per heavy atom. The zero-order valence-corrected chi connectivity index (χ0v) is 17.5. The molecule has 1 N–H and O–H groups in total. The average molecular weight is 464 g/mol. The highest BCUT2D eigenvalue weighted by Gasteiger charge is 2.34. The van der Waals surface area contributed by atoms with Crippen LogP contribution in [-0.4, -0.2) is 28.5 Å². The van der Waals surface area contributed by atoms with Crippen molar-refractivity contribution in [2.45, 2.75) is 12.5 Å². The van der Waals surface area contributed by atoms with E-state index in [9.17, 15) is 14.4 Å². The van der Waals surface area contributed by atoms with Crippen LogP contribution in [0.5, 0.6) is 0 Å². The summed E-state index contributed by atoms with van der Waals surface area (Å²) in [7, 11) is 0. The first-order valence-corrected chi connectivity index (χ1v) is 9.95. The van der Waals surface area contributed by atoms with Gasteiger partial charge in [0.1, 0.15) is 11.1 Å². The van der Waals surface area contributed by atoms with E-state index in [-0.39, 0.29) is 22.3 Å². The lowest BCUT2D eigenvalue weighted by molar-refractivity contribution is -0.138. The van der Waals surface area contributed by atoms with E-state index in [0.717, 1.165) is 0 Å². The van der Waals surface area contributed by atoms with Crippen LogP contribution in [-0.2, 0) is 9.53 Å². The van der Waals surface area contributed by atoms with Crippen molar-refractivity contribution < 1.29 is 19.1 Å². The number of rotatable bonds is 4. The molecule has 0 aliphatic carbocycles. The number of ether oxygens (including phenoxy) is 1. The molecule has 1 aliphatic rings. The topological polar surface area (TPSA) is 77.4 Å². The lowest BCUT2D eigenvalue weighted by atomic mass is 10.0. The van der Waals surface area contributed by atoms with E-state index >= 15 is 0 Å². The first kappa shape index (κ1) is 20.5. The molecule has 6 nitrogen and oxygen atoms in total. The number of amides is 1. The van der Waals surface area contributed by atoms with Crippen molar-refractivity contribution in [1.29, 1.82) is 0 Å². The summed E-state index contributed by atoms with van der Waals surface area (Å²) < 4.78 is 6.39. The lowest BCUT2D eigenvalue weighted by Gasteiger charge is -2.08. The third-order valence-electron chi connectivity index (χ3n) is 4.62. The molecule has 1 atom stereocenters. The number of halogens is 3. The minimum absolute atomic E-state index is 0.000707. The highest BCUT2D eigenvalue weighted by molar-refractivity contribution is 6.48. The fourth-order valence-electron chi connectivity index (χ4n) is 3.17. The number of hydrogen-bond donors (Lipinski definition) is 1. The van der Waals surface area contributed by atoms with Crippen LogP contribution in [0.1, 0.15) is 16.8 Å². The molecular weight excluding hydrogens is 451 g/mol. The zero-order valence-electron chi connectivity index (χ0n) is 15.2. The van der Waals surface area contributed by atoms with Gasteiger partial charge in [-0.2, -0.15) is 0 Å². The highest BCUT2D eigenvalue weighted by atomic mass is 35.5. The van der Waals surface area contributed by atoms with Crippen LogP contribution in [0, 0.1) is 0 Å². The minimum Gasteiger partial charge on any atom is -0.452 e. The molecule has 0 radical (unpaired) electrons. The molecule has 0 fully saturated rings. The molecule has 2 aromatic carbocycles. The number of carbonyl (C=O) groups excluding carboxylic acids is 3. The summed E-state index contributed by atoms with van der Waals surface area (Å²) in [6.07, 6.45) is 0.325. The number of Topliss-reactive ketones (excluding diaryl/α,β-unsaturated/α-hetero) is 1. The Kier molecular flexibility index (Phi) is 5.56. The smallest absolute Gasteiger partial charge is 0.351 e. The number of hydrogen-bond acceptors (Lipinski definition) is 4. The lowest BCUT2D eigenvalue weighted by Crippen LogP contribution is -2.19. The first-order chi connectivity index (χ1) is 14.3. The minimum atomic E-state index is -0.941. The predicted octanol–water partition coefficient (Wildman–Crippen LogP) is 5.56. The Bertz CT molecular complexity index is 1210. The number of carbonyl (C=O) groups is 3. The molecule has 1 aromatic heterocycles. The van der Waals surface area contributed by atoms with E-state index in [4.69, 9.17) is 39.5 Å². The van der Waals surface area contributed by atoms with E-state index in [0.29, 0.717) is 27.2 Å². The summed E-state index contributed by atoms with van der Waals surface area (Å²) >= 11 is 17.6. The summed E-state index contributed by atoms with van der Waals surface area (Å²) in [4.78, 5) is 37.3. The normalized spacial score (nSPS) is 16.1. The van der Waals surface area contributed by atoms with Gasteiger partial charge in [0, 0.05) is 27.9 Å². The maximum atomic E-state index is 12.9. The van der Waals surface area contributed by atoms with Crippen LogP contribution in [0.4, 0.5) is 10.5 Å². The van der Waals surface area contributed by atoms with E-state index in [1.807, 2.05) is 0 Å². The van der Waals surface area contributed by atoms with E-state index in [1.54, 1.807) is 48.5 Å². The van der Waals surface area contributed by atoms with Gasteiger partial charge in [-0.1, -0.05) is 53.0 Å². The second kappa shape index (κ2) is 8.14. The number of ketones is 1. The summed E-state index contributed by atoms with van der Waals surface area (Å²) in [6.45, 7) is 0. The van der Waals surface area contributed by atoms with Gasteiger partial charge in [0.05, 0.1) is 17.0 Å². The van der Waals surface area contributed by atoms with Crippen molar-refractivity contribution in [2.75, 3.05) is 5.32 Å². The van der Waals surface area contributed by atoms with Crippen LogP contribution < -0.4 is 5.32 Å². The Balaban J connectivity index is 1.64. The quantitative estimate of drug-likeness (QED) is 0.406. The Labute approximate surface area is 186 Å². The number of cyclic esters (lactones) is 1. The highest BCUT2D eigenvalue weighted by Crippen LogP contribution is 2.32. The Morgan fingerprint density at radius 1 is 1.03 bits per heavy atom. The molecule has 0 spiro atoms. The van der Waals surface area contributed by atoms with Crippen molar-refractivity contribution in [3.63, 3.8) is 0 Å². The van der Waals surface area contributed by atoms with Crippen molar-refractivity contribution >= 4 is 69.2 Å². The predicted molar refractivity (Wildman–Crippen MR) is 115 cm³/mol. The van der Waals surface area contributed by atoms with Crippen LogP contribution in [0.3, 0.4) is 0 Å². The fourth-order valence-corrected chi connectivity index (χ4v) is 3.66. The van der Waals surface area contributed by atoms with E-state index in [1.165, 1.54) is 10.8 Å². The molecule has 1 aliphatic heterocycles. The van der Waals surface area contributed by atoms with Crippen molar-refractivity contribution in [1.82, 2.24) is 4.57 Å². The summed E-state index contributed by atoms with van der Waals surface area (Å²) in [5.74, 6) is -1.10. The molecule has 4 rings (SSSR count). The molecule has 30 heavy (non-hydrogen) atoms. The SMILES string of the molecule is O=C1O[C@@H](CC(=O)c2cn(C(=O)Nc3ccc(Cl)cc3)c3ccccc23)C(Cl)=C1Cl. The number of benzene rings is 2. The number of fused-ring (bicyclic) bond motifs is 1. The zero-order chi connectivity index (χ0) is 21.4. The molecular formula is C21H13Cl3N2O4. The number of para-hydroxylation sites is 1. The first-order valence-electron chi connectivity index (χ1n) is 8.81. The Hall–Kier alpha value is -2.80. The molecule has 2 heterocycles. The second-order valence-corrected chi connectivity index (χ2v) is 7.77. The number of aromatic nitrogens is 1. The van der Waals surface area contributed by atoms with Gasteiger partial charge in [-0.15, -0.1) is 0 Å². The van der Waals surface area contributed by atoms with Crippen LogP contribution in [0.2, 0.25) is 5.02 Å². The average Bonchev–Trinajstić information content (AvgIpc) is 3.23. The van der Waals surface area contributed by atoms with E-state index < -0.39 is 18.1 Å². The Morgan fingerprint density at radius 3 is 2.40 bits per heavy atom. The van der Waals surface area contributed by atoms with Gasteiger partial charge in [-0.3, -0.25) is 9.36 Å². The third kappa shape index (κ3) is 3.81. The number of anilines is 1. The third-order valence-corrected chi connectivity index (χ3v) is 5.76. The molecule has 3 aromatic rings. The maximum absolute atomic E-state index is 12.9. The van der Waals surface area contributed by atoms with E-state index in [2.05, 4.69) is 5.32 Å². The standard InChI is InChI=1S/C21H13Cl3N2O4/c22-11-5-7-12(8-6-11)25-21(29)26-10-14(13-3-1-2-4-15(13)26)16(27)9-17-18(23)19(24)20(28)30-17/h1-8,10,17H,9H2,(H,25,29)/t17-/m0/s1. The second-order valence-electron chi connectivity index (χ2n) is 6.55. The van der Waals surface area contributed by atoms with Gasteiger partial charge in [0.2, 0.25) is 0 Å². The molecule has 0 saturated heterocycles. The fraction of sp³-hybridized carbons (Fsp3) is 0.0952. The summed E-state index contributed by atoms with van der Waals surface area (Å²) in [5, 5.41) is 3.67. The molecule has 152 valence electrons. The van der Waals surface area contributed by atoms with Gasteiger partial charge in [-0.25, -0.2) is 9.59 Å². The molecule has 9 heteroatoms. The van der Waals surface area contributed by atoms with Crippen molar-refractivity contribution in [3.8, 4) is 0 Å². The number of nitrogens with one attached hydrogen (secondary N) is 1. The summed E-state index contributed by atoms with van der Waals surface area (Å²) in [6, 6.07) is 13.2. The maximum Gasteiger partial charge on any atom is 0.351 e. The monoisotopic (exact) mass is 462 g/mol. The van der Waals surface area contributed by atoms with Gasteiger partial charge in [-0.05, 0) is 30.3 Å². The largest absolute Gasteiger partial charge is 0.452 e. The van der Waals surface area contributed by atoms with Crippen LogP contribution >= 0.6 is 34.8 Å². The van der Waals surface area contributed by atoms with Gasteiger partial charge >= 0.3 is 12.0 Å². The van der Waals surface area contributed by atoms with Gasteiger partial charge in [0.25, 0.3) is 0 Å². The summed E-state index contributed by atoms with van der Waals surface area (Å²) in [5.41, 5.74) is 1.41. The number of nitrogens with zero attached hydrogens (tertiary/aromatic N) is 1.